The van der Waals surface area contributed by atoms with Gasteiger partial charge in [-0.05, 0) is 31.6 Å². The summed E-state index contributed by atoms with van der Waals surface area (Å²) in [5.41, 5.74) is -1.94. The molecule has 43 heavy (non-hydrogen) atoms. The van der Waals surface area contributed by atoms with Crippen molar-refractivity contribution in [3.8, 4) is 0 Å². The highest BCUT2D eigenvalue weighted by Gasteiger charge is 2.79. The minimum absolute atomic E-state index is 0.0514. The van der Waals surface area contributed by atoms with Crippen LogP contribution in [0, 0.1) is 17.8 Å². The fraction of sp³-hybridized carbons (Fsp3) is 0.788. The van der Waals surface area contributed by atoms with Gasteiger partial charge in [0.15, 0.2) is 0 Å². The number of morpholine rings is 1. The van der Waals surface area contributed by atoms with Gasteiger partial charge in [0.1, 0.15) is 11.6 Å². The lowest BCUT2D eigenvalue weighted by Gasteiger charge is -2.41. The molecule has 242 valence electrons. The number of ether oxygens (including phenoxy) is 2. The van der Waals surface area contributed by atoms with Crippen LogP contribution < -0.4 is 0 Å². The van der Waals surface area contributed by atoms with E-state index in [1.807, 2.05) is 27.7 Å². The van der Waals surface area contributed by atoms with E-state index < -0.39 is 35.1 Å². The topological polar surface area (TPSA) is 103 Å². The molecule has 0 aliphatic carbocycles. The van der Waals surface area contributed by atoms with Crippen molar-refractivity contribution in [3.63, 3.8) is 0 Å². The van der Waals surface area contributed by atoms with Gasteiger partial charge in [0.2, 0.25) is 17.7 Å². The van der Waals surface area contributed by atoms with Crippen molar-refractivity contribution in [2.24, 2.45) is 17.8 Å². The van der Waals surface area contributed by atoms with Gasteiger partial charge >= 0.3 is 0 Å². The number of likely N-dealkylation sites (tertiary alicyclic amines) is 1. The van der Waals surface area contributed by atoms with Gasteiger partial charge in [-0.2, -0.15) is 0 Å². The lowest BCUT2D eigenvalue weighted by Crippen LogP contribution is -2.60. The number of aliphatic hydroxyl groups excluding tert-OH is 1. The normalized spacial score (nSPS) is 31.5. The molecule has 4 aliphatic heterocycles. The predicted octanol–water partition coefficient (Wildman–Crippen LogP) is 2.32. The van der Waals surface area contributed by atoms with E-state index in [0.29, 0.717) is 65.2 Å². The predicted molar refractivity (Wildman–Crippen MR) is 165 cm³/mol. The van der Waals surface area contributed by atoms with Crippen molar-refractivity contribution in [3.05, 3.63) is 25.3 Å². The molecule has 2 unspecified atom stereocenters. The van der Waals surface area contributed by atoms with E-state index in [-0.39, 0.29) is 30.2 Å². The summed E-state index contributed by atoms with van der Waals surface area (Å²) in [4.78, 5) is 51.4. The number of rotatable bonds is 16. The summed E-state index contributed by atoms with van der Waals surface area (Å²) in [7, 11) is 0. The van der Waals surface area contributed by atoms with Crippen molar-refractivity contribution in [1.82, 2.24) is 19.6 Å². The molecule has 0 saturated carbocycles. The first kappa shape index (κ1) is 33.6. The maximum absolute atomic E-state index is 14.8. The number of nitrogens with zero attached hydrogens (tertiary/aromatic N) is 4. The molecule has 1 N–H and O–H groups in total. The fourth-order valence-corrected chi connectivity index (χ4v) is 8.10. The smallest absolute Gasteiger partial charge is 0.248 e. The molecule has 4 heterocycles. The molecule has 3 amide bonds. The zero-order valence-electron chi connectivity index (χ0n) is 26.8. The van der Waals surface area contributed by atoms with Crippen LogP contribution in [-0.2, 0) is 23.9 Å². The van der Waals surface area contributed by atoms with E-state index >= 15 is 0 Å². The molecule has 0 radical (unpaired) electrons. The van der Waals surface area contributed by atoms with Gasteiger partial charge < -0.3 is 29.3 Å². The van der Waals surface area contributed by atoms with Crippen LogP contribution in [0.4, 0.5) is 0 Å². The number of carbonyl (C=O) groups excluding carboxylic acids is 3. The summed E-state index contributed by atoms with van der Waals surface area (Å²) in [5.74, 6) is -2.06. The summed E-state index contributed by atoms with van der Waals surface area (Å²) in [6, 6.07) is -1.49. The average Bonchev–Trinajstić information content (AvgIpc) is 3.63. The Morgan fingerprint density at radius 3 is 2.28 bits per heavy atom. The fourth-order valence-electron chi connectivity index (χ4n) is 8.10. The van der Waals surface area contributed by atoms with Crippen LogP contribution >= 0.6 is 0 Å². The van der Waals surface area contributed by atoms with E-state index in [9.17, 15) is 19.5 Å². The van der Waals surface area contributed by atoms with Crippen molar-refractivity contribution >= 4 is 17.7 Å². The Labute approximate surface area is 258 Å². The zero-order chi connectivity index (χ0) is 31.4. The summed E-state index contributed by atoms with van der Waals surface area (Å²) in [6.07, 6.45) is 6.65. The third kappa shape index (κ3) is 5.92. The Morgan fingerprint density at radius 2 is 1.72 bits per heavy atom. The van der Waals surface area contributed by atoms with Crippen LogP contribution in [0.25, 0.3) is 0 Å². The molecule has 4 aliphatic rings. The second kappa shape index (κ2) is 14.2. The van der Waals surface area contributed by atoms with Crippen molar-refractivity contribution in [1.29, 1.82) is 0 Å². The van der Waals surface area contributed by atoms with E-state index in [0.717, 1.165) is 25.9 Å². The van der Waals surface area contributed by atoms with Crippen molar-refractivity contribution < 1.29 is 29.0 Å². The second-order valence-electron chi connectivity index (χ2n) is 12.8. The highest BCUT2D eigenvalue weighted by molar-refractivity contribution is 5.99. The van der Waals surface area contributed by atoms with Crippen LogP contribution in [-0.4, -0.2) is 131 Å². The minimum Gasteiger partial charge on any atom is -0.394 e. The molecular weight excluding hydrogens is 548 g/mol. The molecule has 10 nitrogen and oxygen atoms in total. The largest absolute Gasteiger partial charge is 0.394 e. The Balaban J connectivity index is 1.78. The van der Waals surface area contributed by atoms with Crippen molar-refractivity contribution in [2.75, 3.05) is 65.6 Å². The van der Waals surface area contributed by atoms with Gasteiger partial charge in [-0.3, -0.25) is 19.3 Å². The second-order valence-corrected chi connectivity index (χ2v) is 12.8. The molecule has 0 aromatic carbocycles. The van der Waals surface area contributed by atoms with Crippen LogP contribution in [0.5, 0.6) is 0 Å². The van der Waals surface area contributed by atoms with E-state index in [1.54, 1.807) is 26.9 Å². The number of carbonyl (C=O) groups is 3. The summed E-state index contributed by atoms with van der Waals surface area (Å²) >= 11 is 0. The Hall–Kier alpha value is -2.27. The maximum atomic E-state index is 14.8. The highest BCUT2D eigenvalue weighted by atomic mass is 16.5. The van der Waals surface area contributed by atoms with Crippen LogP contribution in [0.1, 0.15) is 59.8 Å². The van der Waals surface area contributed by atoms with Crippen LogP contribution in [0.2, 0.25) is 0 Å². The van der Waals surface area contributed by atoms with E-state index in [2.05, 4.69) is 18.1 Å². The van der Waals surface area contributed by atoms with Gasteiger partial charge in [-0.1, -0.05) is 46.3 Å². The average molecular weight is 603 g/mol. The Kier molecular flexibility index (Phi) is 11.1. The van der Waals surface area contributed by atoms with Gasteiger partial charge in [0.05, 0.1) is 43.3 Å². The molecule has 7 atom stereocenters. The molecule has 10 heteroatoms. The van der Waals surface area contributed by atoms with Gasteiger partial charge in [-0.25, -0.2) is 0 Å². The summed E-state index contributed by atoms with van der Waals surface area (Å²) in [5, 5.41) is 10.7. The van der Waals surface area contributed by atoms with Crippen LogP contribution in [0.15, 0.2) is 25.3 Å². The number of amides is 3. The molecule has 0 aromatic rings. The summed E-state index contributed by atoms with van der Waals surface area (Å²) in [6.45, 7) is 21.0. The molecule has 2 bridgehead atoms. The number of hydrogen-bond acceptors (Lipinski definition) is 7. The molecule has 4 rings (SSSR count). The number of fused-ring (bicyclic) bond motifs is 1. The molecule has 0 aromatic heterocycles. The van der Waals surface area contributed by atoms with Crippen molar-refractivity contribution in [2.45, 2.75) is 83.1 Å². The zero-order valence-corrected chi connectivity index (χ0v) is 26.8. The summed E-state index contributed by atoms with van der Waals surface area (Å²) < 4.78 is 12.5. The first-order chi connectivity index (χ1) is 20.7. The standard InChI is InChI=1S/C33H54N4O6/c1-7-14-35(15-8-2)29(39)26-27-30(40)37(25(23-38)24(6)10-4)28(33(27)13-12-32(26,11-5)43-33)31(41)36(16-9-3)18-17-34-19-21-42-22-20-34/h7,9,24-28,38H,1,3,8,10-23H2,2,4-6H3/t24-,25-,26+,27-,28?,32-,33?/m0/s1. The highest BCUT2D eigenvalue weighted by Crippen LogP contribution is 2.65. The minimum atomic E-state index is -1.13. The third-order valence-electron chi connectivity index (χ3n) is 10.6. The molecular formula is C33H54N4O6. The lowest BCUT2D eigenvalue weighted by molar-refractivity contribution is -0.159. The molecule has 4 saturated heterocycles. The third-order valence-corrected chi connectivity index (χ3v) is 10.6. The monoisotopic (exact) mass is 602 g/mol. The van der Waals surface area contributed by atoms with E-state index in [4.69, 9.17) is 9.47 Å². The quantitative estimate of drug-likeness (QED) is 0.271. The molecule has 4 fully saturated rings. The van der Waals surface area contributed by atoms with Gasteiger partial charge in [0.25, 0.3) is 0 Å². The molecule has 1 spiro atoms. The Morgan fingerprint density at radius 1 is 1.07 bits per heavy atom. The maximum Gasteiger partial charge on any atom is 0.248 e. The van der Waals surface area contributed by atoms with Crippen LogP contribution in [0.3, 0.4) is 0 Å². The SMILES string of the molecule is C=CCN(CCN1CCOCC1)C(=O)C1N([C@@H](CO)[C@@H](C)CC)C(=O)[C@@H]2[C@H](C(=O)N(CC=C)CCC)[C@]3(CC)CCC12O3. The van der Waals surface area contributed by atoms with E-state index in [1.165, 1.54) is 0 Å². The number of hydrogen-bond donors (Lipinski definition) is 1. The Bertz CT molecular complexity index is 1030. The van der Waals surface area contributed by atoms with Gasteiger partial charge in [0, 0.05) is 45.8 Å². The lowest BCUT2D eigenvalue weighted by atomic mass is 9.64. The first-order valence-corrected chi connectivity index (χ1v) is 16.4. The first-order valence-electron chi connectivity index (χ1n) is 16.4. The van der Waals surface area contributed by atoms with Gasteiger partial charge in [-0.15, -0.1) is 13.2 Å². The number of aliphatic hydroxyl groups is 1.